The summed E-state index contributed by atoms with van der Waals surface area (Å²) in [4.78, 5) is 17.7. The molecule has 0 amide bonds. The molecule has 0 radical (unpaired) electrons. The van der Waals surface area contributed by atoms with Gasteiger partial charge in [0.05, 0.1) is 12.2 Å². The maximum absolute atomic E-state index is 14.7. The van der Waals surface area contributed by atoms with Crippen LogP contribution in [-0.4, -0.2) is 32.1 Å². The molecule has 0 atom stereocenters. The Labute approximate surface area is 223 Å². The molecule has 0 aliphatic carbocycles. The van der Waals surface area contributed by atoms with Gasteiger partial charge in [-0.1, -0.05) is 35.3 Å². The van der Waals surface area contributed by atoms with E-state index in [0.29, 0.717) is 16.3 Å². The molecule has 3 aromatic heterocycles. The zero-order valence-electron chi connectivity index (χ0n) is 19.6. The van der Waals surface area contributed by atoms with E-state index in [2.05, 4.69) is 15.2 Å². The summed E-state index contributed by atoms with van der Waals surface area (Å²) in [6.07, 6.45) is -3.45. The van der Waals surface area contributed by atoms with Gasteiger partial charge in [0.2, 0.25) is 0 Å². The number of fused-ring (bicyclic) bond motifs is 1. The molecule has 0 N–H and O–H groups in total. The Morgan fingerprint density at radius 2 is 1.89 bits per heavy atom. The Kier molecular flexibility index (Phi) is 6.85. The number of rotatable bonds is 7. The third-order valence-corrected chi connectivity index (χ3v) is 6.28. The molecule has 3 heterocycles. The van der Waals surface area contributed by atoms with Crippen molar-refractivity contribution in [2.75, 3.05) is 6.61 Å². The fourth-order valence-electron chi connectivity index (χ4n) is 4.11. The number of pyridine rings is 1. The van der Waals surface area contributed by atoms with Crippen LogP contribution in [-0.2, 0) is 12.7 Å². The van der Waals surface area contributed by atoms with E-state index in [0.717, 1.165) is 4.57 Å². The van der Waals surface area contributed by atoms with Gasteiger partial charge in [-0.15, -0.1) is 10.2 Å². The predicted octanol–water partition coefficient (Wildman–Crippen LogP) is 7.09. The number of aromatic nitrogens is 4. The van der Waals surface area contributed by atoms with Gasteiger partial charge in [0.1, 0.15) is 17.1 Å². The number of hydrogen-bond acceptors (Lipinski definition) is 6. The third kappa shape index (κ3) is 4.84. The van der Waals surface area contributed by atoms with Crippen molar-refractivity contribution >= 4 is 39.9 Å². The first-order chi connectivity index (χ1) is 18.2. The topological polar surface area (TPSA) is 83.0 Å². The number of ether oxygens (including phenoxy) is 1. The molecule has 0 fully saturated rings. The van der Waals surface area contributed by atoms with E-state index in [1.54, 1.807) is 25.1 Å². The first-order valence-electron chi connectivity index (χ1n) is 11.3. The SMILES string of the molecule is CCOc1ccc2c(c1)c(C(=O)c1nnc(-c3ccccn3)o1)c(C(F)(F)F)n2Cc1ccc(Cl)cc1Cl. The van der Waals surface area contributed by atoms with E-state index >= 15 is 0 Å². The second kappa shape index (κ2) is 10.1. The van der Waals surface area contributed by atoms with Crippen LogP contribution in [0.1, 0.15) is 34.4 Å². The van der Waals surface area contributed by atoms with E-state index in [9.17, 15) is 18.0 Å². The van der Waals surface area contributed by atoms with Crippen LogP contribution < -0.4 is 4.74 Å². The second-order valence-electron chi connectivity index (χ2n) is 8.11. The molecule has 12 heteroatoms. The largest absolute Gasteiger partial charge is 0.494 e. The van der Waals surface area contributed by atoms with E-state index in [1.165, 1.54) is 42.6 Å². The van der Waals surface area contributed by atoms with Gasteiger partial charge >= 0.3 is 6.18 Å². The van der Waals surface area contributed by atoms with Gasteiger partial charge in [0.15, 0.2) is 0 Å². The molecule has 0 spiro atoms. The minimum absolute atomic E-state index is 0.0101. The number of halogens is 5. The van der Waals surface area contributed by atoms with Crippen LogP contribution in [0.2, 0.25) is 10.0 Å². The Morgan fingerprint density at radius 3 is 2.58 bits per heavy atom. The van der Waals surface area contributed by atoms with Crippen molar-refractivity contribution in [2.24, 2.45) is 0 Å². The van der Waals surface area contributed by atoms with Crippen molar-refractivity contribution in [3.05, 3.63) is 93.6 Å². The highest BCUT2D eigenvalue weighted by Gasteiger charge is 2.42. The first-order valence-corrected chi connectivity index (χ1v) is 12.0. The highest BCUT2D eigenvalue weighted by Crippen LogP contribution is 2.41. The normalized spacial score (nSPS) is 11.7. The van der Waals surface area contributed by atoms with E-state index in [4.69, 9.17) is 32.4 Å². The maximum atomic E-state index is 14.7. The fourth-order valence-corrected chi connectivity index (χ4v) is 4.58. The standard InChI is InChI=1S/C26H17Cl2F3N4O3/c1-2-37-16-8-9-20-17(12-16)21(22(36)25-34-33-24(38-25)19-5-3-4-10-32-19)23(26(29,30)31)35(20)13-14-6-7-15(27)11-18(14)28/h3-12H,2,13H2,1H3. The van der Waals surface area contributed by atoms with Gasteiger partial charge in [-0.05, 0) is 55.0 Å². The summed E-state index contributed by atoms with van der Waals surface area (Å²) in [6, 6.07) is 13.8. The second-order valence-corrected chi connectivity index (χ2v) is 8.96. The third-order valence-electron chi connectivity index (χ3n) is 5.69. The molecule has 5 aromatic rings. The summed E-state index contributed by atoms with van der Waals surface area (Å²) < 4.78 is 56.0. The Hall–Kier alpha value is -3.89. The lowest BCUT2D eigenvalue weighted by molar-refractivity contribution is -0.143. The lowest BCUT2D eigenvalue weighted by Crippen LogP contribution is -2.19. The predicted molar refractivity (Wildman–Crippen MR) is 135 cm³/mol. The smallest absolute Gasteiger partial charge is 0.432 e. The molecular weight excluding hydrogens is 544 g/mol. The van der Waals surface area contributed by atoms with Crippen molar-refractivity contribution in [1.82, 2.24) is 19.7 Å². The van der Waals surface area contributed by atoms with Gasteiger partial charge in [-0.2, -0.15) is 13.2 Å². The quantitative estimate of drug-likeness (QED) is 0.197. The summed E-state index contributed by atoms with van der Waals surface area (Å²) in [6.45, 7) is 1.73. The lowest BCUT2D eigenvalue weighted by Gasteiger charge is -2.15. The van der Waals surface area contributed by atoms with Crippen LogP contribution in [0.3, 0.4) is 0 Å². The van der Waals surface area contributed by atoms with Gasteiger partial charge in [0.25, 0.3) is 17.6 Å². The summed E-state index contributed by atoms with van der Waals surface area (Å²) in [5.74, 6) is -1.51. The van der Waals surface area contributed by atoms with Crippen molar-refractivity contribution < 1.29 is 27.1 Å². The van der Waals surface area contributed by atoms with Crippen LogP contribution in [0.15, 0.2) is 65.2 Å². The fraction of sp³-hybridized carbons (Fsp3) is 0.154. The molecule has 0 aliphatic rings. The van der Waals surface area contributed by atoms with Gasteiger partial charge < -0.3 is 13.7 Å². The van der Waals surface area contributed by atoms with Crippen molar-refractivity contribution in [1.29, 1.82) is 0 Å². The van der Waals surface area contributed by atoms with Crippen molar-refractivity contribution in [3.8, 4) is 17.3 Å². The highest BCUT2D eigenvalue weighted by molar-refractivity contribution is 6.35. The van der Waals surface area contributed by atoms with E-state index in [1.807, 2.05) is 0 Å². The van der Waals surface area contributed by atoms with Crippen molar-refractivity contribution in [3.63, 3.8) is 0 Å². The number of alkyl halides is 3. The molecule has 194 valence electrons. The van der Waals surface area contributed by atoms with E-state index in [-0.39, 0.29) is 40.7 Å². The van der Waals surface area contributed by atoms with Gasteiger partial charge in [-0.3, -0.25) is 9.78 Å². The average molecular weight is 561 g/mol. The Bertz CT molecular complexity index is 1650. The zero-order chi connectivity index (χ0) is 27.0. The van der Waals surface area contributed by atoms with Crippen LogP contribution in [0.25, 0.3) is 22.5 Å². The first kappa shape index (κ1) is 25.7. The minimum Gasteiger partial charge on any atom is -0.494 e. The summed E-state index contributed by atoms with van der Waals surface area (Å²) in [5.41, 5.74) is -1.04. The maximum Gasteiger partial charge on any atom is 0.432 e. The average Bonchev–Trinajstić information content (AvgIpc) is 3.49. The monoisotopic (exact) mass is 560 g/mol. The van der Waals surface area contributed by atoms with Crippen molar-refractivity contribution in [2.45, 2.75) is 19.6 Å². The van der Waals surface area contributed by atoms with Crippen LogP contribution in [0.5, 0.6) is 5.75 Å². The van der Waals surface area contributed by atoms with Crippen LogP contribution in [0.4, 0.5) is 13.2 Å². The number of carbonyl (C=O) groups is 1. The lowest BCUT2D eigenvalue weighted by atomic mass is 10.1. The van der Waals surface area contributed by atoms with E-state index < -0.39 is 29.1 Å². The van der Waals surface area contributed by atoms with Gasteiger partial charge in [0, 0.05) is 33.7 Å². The molecule has 38 heavy (non-hydrogen) atoms. The summed E-state index contributed by atoms with van der Waals surface area (Å²) in [5, 5.41) is 8.06. The Morgan fingerprint density at radius 1 is 1.08 bits per heavy atom. The molecule has 0 unspecified atom stereocenters. The number of benzene rings is 2. The molecule has 7 nitrogen and oxygen atoms in total. The summed E-state index contributed by atoms with van der Waals surface area (Å²) in [7, 11) is 0. The molecule has 0 saturated carbocycles. The van der Waals surface area contributed by atoms with Crippen LogP contribution >= 0.6 is 23.2 Å². The Balaban J connectivity index is 1.73. The molecule has 5 rings (SSSR count). The highest BCUT2D eigenvalue weighted by atomic mass is 35.5. The molecule has 0 bridgehead atoms. The molecule has 0 saturated heterocycles. The van der Waals surface area contributed by atoms with Crippen LogP contribution in [0, 0.1) is 0 Å². The molecule has 0 aliphatic heterocycles. The number of carbonyl (C=O) groups excluding carboxylic acids is 1. The van der Waals surface area contributed by atoms with Gasteiger partial charge in [-0.25, -0.2) is 0 Å². The minimum atomic E-state index is -4.93. The zero-order valence-corrected chi connectivity index (χ0v) is 21.1. The number of hydrogen-bond donors (Lipinski definition) is 0. The number of ketones is 1. The molecule has 2 aromatic carbocycles. The molecular formula is C26H17Cl2F3N4O3. The number of nitrogens with zero attached hydrogens (tertiary/aromatic N) is 4. The summed E-state index contributed by atoms with van der Waals surface area (Å²) >= 11 is 12.3.